The maximum absolute atomic E-state index is 12.5. The van der Waals surface area contributed by atoms with Crippen LogP contribution in [0.3, 0.4) is 0 Å². The van der Waals surface area contributed by atoms with Gasteiger partial charge in [0.1, 0.15) is 5.82 Å². The summed E-state index contributed by atoms with van der Waals surface area (Å²) in [5.41, 5.74) is 0.794. The smallest absolute Gasteiger partial charge is 0.291 e. The number of aromatic amines is 1. The molecule has 2 amide bonds. The molecule has 0 atom stereocenters. The number of amides is 2. The van der Waals surface area contributed by atoms with Crippen LogP contribution >= 0.6 is 23.6 Å². The molecule has 0 aliphatic heterocycles. The highest BCUT2D eigenvalue weighted by Crippen LogP contribution is 2.27. The van der Waals surface area contributed by atoms with Gasteiger partial charge in [-0.2, -0.15) is 5.10 Å². The molecular weight excluding hydrogens is 398 g/mol. The van der Waals surface area contributed by atoms with Crippen LogP contribution in [0.2, 0.25) is 0 Å². The van der Waals surface area contributed by atoms with Crippen molar-refractivity contribution >= 4 is 40.4 Å². The van der Waals surface area contributed by atoms with Gasteiger partial charge in [0, 0.05) is 19.0 Å². The third kappa shape index (κ3) is 4.39. The molecule has 3 aromatic heterocycles. The zero-order valence-corrected chi connectivity index (χ0v) is 17.4. The van der Waals surface area contributed by atoms with Crippen LogP contribution in [0.1, 0.15) is 51.5 Å². The Kier molecular flexibility index (Phi) is 6.10. The summed E-state index contributed by atoms with van der Waals surface area (Å²) in [5, 5.41) is 13.2. The van der Waals surface area contributed by atoms with Crippen LogP contribution in [-0.2, 0) is 6.42 Å². The van der Waals surface area contributed by atoms with Gasteiger partial charge in [-0.05, 0) is 56.8 Å². The molecule has 8 nitrogen and oxygen atoms in total. The molecule has 3 heterocycles. The summed E-state index contributed by atoms with van der Waals surface area (Å²) in [4.78, 5) is 25.1. The van der Waals surface area contributed by atoms with Gasteiger partial charge in [0.2, 0.25) is 0 Å². The highest BCUT2D eigenvalue weighted by atomic mass is 32.1. The number of rotatable bonds is 7. The van der Waals surface area contributed by atoms with Crippen LogP contribution in [-0.4, -0.2) is 33.1 Å². The summed E-state index contributed by atoms with van der Waals surface area (Å²) >= 11 is 6.45. The molecule has 148 valence electrons. The summed E-state index contributed by atoms with van der Waals surface area (Å²) in [6.45, 7) is 6.32. The summed E-state index contributed by atoms with van der Waals surface area (Å²) in [5.74, 6) is 0.478. The Morgan fingerprint density at radius 2 is 2.18 bits per heavy atom. The zero-order chi connectivity index (χ0) is 20.3. The molecule has 0 fully saturated rings. The fraction of sp³-hybridized carbons (Fsp3) is 0.333. The van der Waals surface area contributed by atoms with Crippen molar-refractivity contribution in [2.45, 2.75) is 33.2 Å². The molecule has 3 aromatic rings. The summed E-state index contributed by atoms with van der Waals surface area (Å²) in [7, 11) is 0. The van der Waals surface area contributed by atoms with E-state index >= 15 is 0 Å². The van der Waals surface area contributed by atoms with Gasteiger partial charge >= 0.3 is 0 Å². The number of nitrogens with zero attached hydrogens (tertiary/aromatic N) is 2. The van der Waals surface area contributed by atoms with E-state index in [1.54, 1.807) is 18.2 Å². The molecule has 3 rings (SSSR count). The molecule has 0 spiro atoms. The lowest BCUT2D eigenvalue weighted by Gasteiger charge is -2.10. The second-order valence-electron chi connectivity index (χ2n) is 6.47. The quantitative estimate of drug-likeness (QED) is 0.506. The Hall–Kier alpha value is -2.72. The number of thiophene rings is 1. The van der Waals surface area contributed by atoms with Gasteiger partial charge in [0.05, 0.1) is 16.1 Å². The van der Waals surface area contributed by atoms with E-state index in [9.17, 15) is 9.59 Å². The number of carbonyl (C=O) groups excluding carboxylic acids is 2. The van der Waals surface area contributed by atoms with Gasteiger partial charge in [-0.1, -0.05) is 0 Å². The van der Waals surface area contributed by atoms with E-state index in [1.165, 1.54) is 17.6 Å². The molecule has 0 unspecified atom stereocenters. The van der Waals surface area contributed by atoms with Gasteiger partial charge in [-0.25, -0.2) is 0 Å². The zero-order valence-electron chi connectivity index (χ0n) is 15.7. The first-order valence-electron chi connectivity index (χ1n) is 8.76. The minimum Gasteiger partial charge on any atom is -0.459 e. The van der Waals surface area contributed by atoms with Crippen molar-refractivity contribution in [2.75, 3.05) is 11.9 Å². The van der Waals surface area contributed by atoms with Crippen molar-refractivity contribution < 1.29 is 14.0 Å². The van der Waals surface area contributed by atoms with Crippen molar-refractivity contribution in [2.24, 2.45) is 0 Å². The number of H-pyrrole nitrogens is 1. The lowest BCUT2D eigenvalue weighted by molar-refractivity contribution is 0.0955. The number of carbonyl (C=O) groups is 2. The molecule has 3 N–H and O–H groups in total. The molecular formula is C18H21N5O3S2. The number of hydrogen-bond acceptors (Lipinski definition) is 6. The average Bonchev–Trinajstić information content (AvgIpc) is 3.35. The first kappa shape index (κ1) is 20.0. The predicted octanol–water partition coefficient (Wildman–Crippen LogP) is 3.71. The van der Waals surface area contributed by atoms with Crippen LogP contribution in [0.15, 0.2) is 28.9 Å². The molecule has 0 aromatic carbocycles. The second-order valence-corrected chi connectivity index (χ2v) is 7.91. The van der Waals surface area contributed by atoms with E-state index in [2.05, 4.69) is 20.8 Å². The van der Waals surface area contributed by atoms with Gasteiger partial charge in [-0.3, -0.25) is 14.7 Å². The minimum atomic E-state index is -0.352. The normalized spacial score (nSPS) is 11.0. The second kappa shape index (κ2) is 8.53. The summed E-state index contributed by atoms with van der Waals surface area (Å²) < 4.78 is 7.57. The third-order valence-electron chi connectivity index (χ3n) is 4.03. The Labute approximate surface area is 171 Å². The predicted molar refractivity (Wildman–Crippen MR) is 110 cm³/mol. The average molecular weight is 420 g/mol. The maximum atomic E-state index is 12.5. The fourth-order valence-corrected chi connectivity index (χ4v) is 4.11. The Morgan fingerprint density at radius 3 is 2.86 bits per heavy atom. The van der Waals surface area contributed by atoms with E-state index in [1.807, 2.05) is 25.3 Å². The number of aromatic nitrogens is 3. The Bertz CT molecular complexity index is 1030. The van der Waals surface area contributed by atoms with Crippen molar-refractivity contribution in [3.8, 4) is 0 Å². The summed E-state index contributed by atoms with van der Waals surface area (Å²) in [6.07, 6.45) is 1.99. The van der Waals surface area contributed by atoms with Crippen molar-refractivity contribution in [3.63, 3.8) is 0 Å². The fourth-order valence-electron chi connectivity index (χ4n) is 2.76. The van der Waals surface area contributed by atoms with Crippen LogP contribution < -0.4 is 10.6 Å². The number of nitrogens with one attached hydrogen (secondary N) is 3. The third-order valence-corrected chi connectivity index (χ3v) is 5.47. The highest BCUT2D eigenvalue weighted by molar-refractivity contribution is 7.71. The van der Waals surface area contributed by atoms with E-state index in [0.29, 0.717) is 27.6 Å². The van der Waals surface area contributed by atoms with Crippen LogP contribution in [0, 0.1) is 11.7 Å². The van der Waals surface area contributed by atoms with E-state index in [0.717, 1.165) is 11.4 Å². The maximum Gasteiger partial charge on any atom is 0.291 e. The topological polar surface area (TPSA) is 105 Å². The highest BCUT2D eigenvalue weighted by Gasteiger charge is 2.17. The molecule has 0 saturated heterocycles. The first-order valence-corrected chi connectivity index (χ1v) is 9.98. The number of aryl methyl sites for hydroxylation is 1. The summed E-state index contributed by atoms with van der Waals surface area (Å²) in [6, 6.07) is 5.18. The lowest BCUT2D eigenvalue weighted by atomic mass is 10.2. The number of furan rings is 1. The van der Waals surface area contributed by atoms with Gasteiger partial charge in [0.25, 0.3) is 11.8 Å². The van der Waals surface area contributed by atoms with Gasteiger partial charge < -0.3 is 19.6 Å². The SMILES string of the molecule is Cc1cc(NC(=O)c2ccco2)sc1C(=O)NCCc1n[nH]c(=S)n1C(C)C. The van der Waals surface area contributed by atoms with Crippen LogP contribution in [0.4, 0.5) is 5.00 Å². The molecule has 28 heavy (non-hydrogen) atoms. The lowest BCUT2D eigenvalue weighted by Crippen LogP contribution is -2.26. The molecule has 0 aliphatic carbocycles. The Morgan fingerprint density at radius 1 is 1.39 bits per heavy atom. The standard InChI is InChI=1S/C18H21N5O3S2/c1-10(2)23-13(21-22-18(23)27)6-7-19-17(25)15-11(3)9-14(28-15)20-16(24)12-5-4-8-26-12/h4-5,8-10H,6-7H2,1-3H3,(H,19,25)(H,20,24)(H,22,27). The van der Waals surface area contributed by atoms with Gasteiger partial charge in [-0.15, -0.1) is 11.3 Å². The molecule has 0 radical (unpaired) electrons. The molecule has 0 bridgehead atoms. The van der Waals surface area contributed by atoms with Crippen molar-refractivity contribution in [1.29, 1.82) is 0 Å². The molecule has 0 saturated carbocycles. The minimum absolute atomic E-state index is 0.189. The van der Waals surface area contributed by atoms with E-state index in [-0.39, 0.29) is 23.6 Å². The van der Waals surface area contributed by atoms with E-state index in [4.69, 9.17) is 16.6 Å². The van der Waals surface area contributed by atoms with Crippen LogP contribution in [0.25, 0.3) is 0 Å². The van der Waals surface area contributed by atoms with Crippen molar-refractivity contribution in [3.05, 3.63) is 51.3 Å². The molecule has 0 aliphatic rings. The van der Waals surface area contributed by atoms with Crippen LogP contribution in [0.5, 0.6) is 0 Å². The number of anilines is 1. The van der Waals surface area contributed by atoms with Gasteiger partial charge in [0.15, 0.2) is 10.5 Å². The van der Waals surface area contributed by atoms with Crippen molar-refractivity contribution in [1.82, 2.24) is 20.1 Å². The van der Waals surface area contributed by atoms with E-state index < -0.39 is 0 Å². The first-order chi connectivity index (χ1) is 13.4. The monoisotopic (exact) mass is 419 g/mol. The molecule has 10 heteroatoms. The largest absolute Gasteiger partial charge is 0.459 e. The number of hydrogen-bond donors (Lipinski definition) is 3. The Balaban J connectivity index is 1.60.